The smallest absolute Gasteiger partial charge is 0.139 e. The van der Waals surface area contributed by atoms with Gasteiger partial charge in [0, 0.05) is 10.6 Å². The summed E-state index contributed by atoms with van der Waals surface area (Å²) in [5.74, 6) is 0.819. The fourth-order valence-corrected chi connectivity index (χ4v) is 2.26. The molecule has 1 aromatic heterocycles. The van der Waals surface area contributed by atoms with E-state index in [9.17, 15) is 0 Å². The summed E-state index contributed by atoms with van der Waals surface area (Å²) in [6.45, 7) is 5.87. The molecular weight excluding hydrogens is 250 g/mol. The number of halogens is 1. The van der Waals surface area contributed by atoms with Crippen molar-refractivity contribution in [1.29, 1.82) is 0 Å². The van der Waals surface area contributed by atoms with Crippen LogP contribution in [0, 0.1) is 13.8 Å². The number of anilines is 2. The molecule has 1 aromatic carbocycles. The Labute approximate surface area is 111 Å². The van der Waals surface area contributed by atoms with E-state index in [1.54, 1.807) is 12.1 Å². The van der Waals surface area contributed by atoms with Crippen LogP contribution >= 0.6 is 11.6 Å². The number of hydrogen-bond donors (Lipinski definition) is 2. The highest BCUT2D eigenvalue weighted by atomic mass is 35.5. The Morgan fingerprint density at radius 2 is 2.11 bits per heavy atom. The normalized spacial score (nSPS) is 12.4. The van der Waals surface area contributed by atoms with Crippen molar-refractivity contribution >= 4 is 23.0 Å². The summed E-state index contributed by atoms with van der Waals surface area (Å²) in [7, 11) is 0. The van der Waals surface area contributed by atoms with Crippen LogP contribution in [0.4, 0.5) is 11.4 Å². The lowest BCUT2D eigenvalue weighted by atomic mass is 10.1. The van der Waals surface area contributed by atoms with Gasteiger partial charge in [0.25, 0.3) is 0 Å². The van der Waals surface area contributed by atoms with Crippen molar-refractivity contribution in [3.05, 3.63) is 40.2 Å². The minimum atomic E-state index is 0.0692. The first-order valence-corrected chi connectivity index (χ1v) is 6.11. The van der Waals surface area contributed by atoms with Crippen LogP contribution in [0.2, 0.25) is 5.02 Å². The minimum absolute atomic E-state index is 0.0692. The van der Waals surface area contributed by atoms with Crippen molar-refractivity contribution in [3.8, 4) is 0 Å². The van der Waals surface area contributed by atoms with E-state index >= 15 is 0 Å². The zero-order valence-electron chi connectivity index (χ0n) is 10.6. The Morgan fingerprint density at radius 1 is 1.39 bits per heavy atom. The summed E-state index contributed by atoms with van der Waals surface area (Å²) in [6, 6.07) is 5.47. The quantitative estimate of drug-likeness (QED) is 0.831. The van der Waals surface area contributed by atoms with E-state index < -0.39 is 0 Å². The van der Waals surface area contributed by atoms with Crippen LogP contribution < -0.4 is 11.1 Å². The van der Waals surface area contributed by atoms with Gasteiger partial charge in [-0.05, 0) is 39.0 Å². The molecule has 0 aliphatic heterocycles. The maximum absolute atomic E-state index is 5.91. The molecule has 18 heavy (non-hydrogen) atoms. The van der Waals surface area contributed by atoms with Gasteiger partial charge in [-0.1, -0.05) is 16.8 Å². The number of aromatic nitrogens is 1. The number of aryl methyl sites for hydroxylation is 2. The third kappa shape index (κ3) is 2.43. The van der Waals surface area contributed by atoms with Gasteiger partial charge in [-0.25, -0.2) is 0 Å². The van der Waals surface area contributed by atoms with Crippen LogP contribution in [0.25, 0.3) is 0 Å². The summed E-state index contributed by atoms with van der Waals surface area (Å²) in [5.41, 5.74) is 9.34. The summed E-state index contributed by atoms with van der Waals surface area (Å²) < 4.78 is 5.16. The lowest BCUT2D eigenvalue weighted by molar-refractivity contribution is 0.392. The molecule has 4 nitrogen and oxygen atoms in total. The summed E-state index contributed by atoms with van der Waals surface area (Å²) in [6.07, 6.45) is 0. The molecule has 0 saturated heterocycles. The molecule has 5 heteroatoms. The SMILES string of the molecule is Cc1noc(C)c1C(C)Nc1ccc(Cl)cc1N. The number of nitrogens with one attached hydrogen (secondary N) is 1. The van der Waals surface area contributed by atoms with E-state index in [0.29, 0.717) is 10.7 Å². The van der Waals surface area contributed by atoms with Crippen molar-refractivity contribution in [1.82, 2.24) is 5.16 Å². The van der Waals surface area contributed by atoms with E-state index in [1.807, 2.05) is 26.8 Å². The molecule has 2 rings (SSSR count). The lowest BCUT2D eigenvalue weighted by Gasteiger charge is -2.16. The largest absolute Gasteiger partial charge is 0.397 e. The summed E-state index contributed by atoms with van der Waals surface area (Å²) in [4.78, 5) is 0. The Kier molecular flexibility index (Phi) is 3.48. The number of nitrogen functional groups attached to an aromatic ring is 1. The van der Waals surface area contributed by atoms with Crippen LogP contribution in [-0.4, -0.2) is 5.16 Å². The van der Waals surface area contributed by atoms with Crippen LogP contribution in [0.15, 0.2) is 22.7 Å². The van der Waals surface area contributed by atoms with Crippen molar-refractivity contribution in [3.63, 3.8) is 0 Å². The van der Waals surface area contributed by atoms with Gasteiger partial charge in [-0.15, -0.1) is 0 Å². The van der Waals surface area contributed by atoms with Crippen molar-refractivity contribution in [2.45, 2.75) is 26.8 Å². The zero-order valence-corrected chi connectivity index (χ0v) is 11.4. The Morgan fingerprint density at radius 3 is 2.67 bits per heavy atom. The number of hydrogen-bond acceptors (Lipinski definition) is 4. The monoisotopic (exact) mass is 265 g/mol. The van der Waals surface area contributed by atoms with Gasteiger partial charge in [0.15, 0.2) is 0 Å². The average molecular weight is 266 g/mol. The van der Waals surface area contributed by atoms with Crippen LogP contribution in [-0.2, 0) is 0 Å². The first-order chi connectivity index (χ1) is 8.49. The van der Waals surface area contributed by atoms with Gasteiger partial charge in [0.2, 0.25) is 0 Å². The third-order valence-corrected chi connectivity index (χ3v) is 3.14. The molecule has 0 aliphatic carbocycles. The van der Waals surface area contributed by atoms with E-state index in [0.717, 1.165) is 22.7 Å². The fourth-order valence-electron chi connectivity index (χ4n) is 2.08. The number of nitrogens with zero attached hydrogens (tertiary/aromatic N) is 1. The number of rotatable bonds is 3. The topological polar surface area (TPSA) is 64.1 Å². The van der Waals surface area contributed by atoms with E-state index in [4.69, 9.17) is 21.9 Å². The molecule has 0 amide bonds. The molecule has 0 radical (unpaired) electrons. The van der Waals surface area contributed by atoms with Crippen LogP contribution in [0.5, 0.6) is 0 Å². The molecule has 0 aliphatic rings. The predicted octanol–water partition coefficient (Wildman–Crippen LogP) is 3.70. The molecule has 0 saturated carbocycles. The van der Waals surface area contributed by atoms with Gasteiger partial charge < -0.3 is 15.6 Å². The molecule has 0 spiro atoms. The van der Waals surface area contributed by atoms with Gasteiger partial charge in [-0.2, -0.15) is 0 Å². The molecule has 1 atom stereocenters. The Bertz CT molecular complexity index is 546. The van der Waals surface area contributed by atoms with E-state index in [1.165, 1.54) is 0 Å². The maximum atomic E-state index is 5.91. The Hall–Kier alpha value is -1.68. The highest BCUT2D eigenvalue weighted by Gasteiger charge is 2.16. The molecular formula is C13H16ClN3O. The van der Waals surface area contributed by atoms with Crippen molar-refractivity contribution < 1.29 is 4.52 Å². The average Bonchev–Trinajstić information content (AvgIpc) is 2.62. The summed E-state index contributed by atoms with van der Waals surface area (Å²) in [5, 5.41) is 7.91. The molecule has 2 aromatic rings. The maximum Gasteiger partial charge on any atom is 0.139 e. The van der Waals surface area contributed by atoms with Gasteiger partial charge >= 0.3 is 0 Å². The molecule has 0 fully saturated rings. The number of nitrogens with two attached hydrogens (primary N) is 1. The molecule has 1 unspecified atom stereocenters. The predicted molar refractivity (Wildman–Crippen MR) is 73.9 cm³/mol. The molecule has 1 heterocycles. The first-order valence-electron chi connectivity index (χ1n) is 5.73. The zero-order chi connectivity index (χ0) is 13.3. The standard InChI is InChI=1S/C13H16ClN3O/c1-7(13-8(2)17-18-9(13)3)16-12-5-4-10(14)6-11(12)15/h4-7,16H,15H2,1-3H3. The second-order valence-electron chi connectivity index (χ2n) is 4.34. The third-order valence-electron chi connectivity index (χ3n) is 2.91. The lowest BCUT2D eigenvalue weighted by Crippen LogP contribution is -2.09. The van der Waals surface area contributed by atoms with E-state index in [-0.39, 0.29) is 6.04 Å². The minimum Gasteiger partial charge on any atom is -0.397 e. The molecule has 3 N–H and O–H groups in total. The van der Waals surface area contributed by atoms with Gasteiger partial charge in [-0.3, -0.25) is 0 Å². The van der Waals surface area contributed by atoms with Gasteiger partial charge in [0.05, 0.1) is 23.1 Å². The Balaban J connectivity index is 2.24. The molecule has 96 valence electrons. The number of benzene rings is 1. The second kappa shape index (κ2) is 4.90. The molecule has 0 bridgehead atoms. The van der Waals surface area contributed by atoms with Crippen molar-refractivity contribution in [2.24, 2.45) is 0 Å². The fraction of sp³-hybridized carbons (Fsp3) is 0.308. The highest BCUT2D eigenvalue weighted by molar-refractivity contribution is 6.31. The first kappa shape index (κ1) is 12.8. The van der Waals surface area contributed by atoms with Crippen LogP contribution in [0.1, 0.15) is 30.0 Å². The second-order valence-corrected chi connectivity index (χ2v) is 4.77. The van der Waals surface area contributed by atoms with Crippen LogP contribution in [0.3, 0.4) is 0 Å². The highest BCUT2D eigenvalue weighted by Crippen LogP contribution is 2.29. The van der Waals surface area contributed by atoms with E-state index in [2.05, 4.69) is 10.5 Å². The van der Waals surface area contributed by atoms with Crippen molar-refractivity contribution in [2.75, 3.05) is 11.1 Å². The van der Waals surface area contributed by atoms with Gasteiger partial charge in [0.1, 0.15) is 5.76 Å². The summed E-state index contributed by atoms with van der Waals surface area (Å²) >= 11 is 5.87.